The van der Waals surface area contributed by atoms with Crippen molar-refractivity contribution < 1.29 is 22.3 Å². The highest BCUT2D eigenvalue weighted by Gasteiger charge is 2.68. The van der Waals surface area contributed by atoms with Crippen LogP contribution < -0.4 is 0 Å². The molecule has 1 aromatic carbocycles. The third-order valence-corrected chi connectivity index (χ3v) is 4.77. The number of hydrogen-bond donors (Lipinski definition) is 0. The molecule has 5 heteroatoms. The Kier molecular flexibility index (Phi) is 1.74. The fraction of sp³-hybridized carbons (Fsp3) is 0.538. The maximum Gasteiger partial charge on any atom is 0.197 e. The summed E-state index contributed by atoms with van der Waals surface area (Å²) in [5, 5.41) is 0. The molecule has 2 bridgehead atoms. The van der Waals surface area contributed by atoms with Gasteiger partial charge in [-0.1, -0.05) is 0 Å². The van der Waals surface area contributed by atoms with Gasteiger partial charge in [0.15, 0.2) is 23.3 Å². The fourth-order valence-electron chi connectivity index (χ4n) is 3.88. The number of epoxide rings is 1. The molecule has 0 amide bonds. The molecule has 4 aliphatic rings. The van der Waals surface area contributed by atoms with Gasteiger partial charge in [-0.15, -0.1) is 0 Å². The standard InChI is InChI=1S/C13H10F4O/c1-13-5-3-2-4(12(13)18-13)6-7(5)9(15)11(17)10(16)8(6)14/h4-5,12H,2-3H2,1H3/t4-,5+,12+,13+/m1/s1. The maximum absolute atomic E-state index is 13.9. The third-order valence-electron chi connectivity index (χ3n) is 4.77. The van der Waals surface area contributed by atoms with Gasteiger partial charge in [0.05, 0.1) is 11.7 Å². The molecular formula is C13H10F4O. The lowest BCUT2D eigenvalue weighted by Gasteiger charge is -2.39. The first kappa shape index (κ1) is 10.8. The zero-order chi connectivity index (χ0) is 12.8. The van der Waals surface area contributed by atoms with Gasteiger partial charge in [0.1, 0.15) is 0 Å². The van der Waals surface area contributed by atoms with E-state index in [1.54, 1.807) is 0 Å². The van der Waals surface area contributed by atoms with Gasteiger partial charge in [0.2, 0.25) is 0 Å². The van der Waals surface area contributed by atoms with Crippen LogP contribution in [0.25, 0.3) is 0 Å². The van der Waals surface area contributed by atoms with Crippen molar-refractivity contribution in [3.8, 4) is 0 Å². The van der Waals surface area contributed by atoms with Gasteiger partial charge in [0, 0.05) is 23.0 Å². The van der Waals surface area contributed by atoms with E-state index in [0.29, 0.717) is 12.8 Å². The van der Waals surface area contributed by atoms with E-state index < -0.39 is 28.9 Å². The van der Waals surface area contributed by atoms with E-state index in [4.69, 9.17) is 4.74 Å². The summed E-state index contributed by atoms with van der Waals surface area (Å²) >= 11 is 0. The molecule has 4 atom stereocenters. The molecule has 96 valence electrons. The molecule has 0 spiro atoms. The van der Waals surface area contributed by atoms with Crippen LogP contribution >= 0.6 is 0 Å². The van der Waals surface area contributed by atoms with Crippen molar-refractivity contribution in [3.63, 3.8) is 0 Å². The molecule has 1 aromatic rings. The van der Waals surface area contributed by atoms with Crippen LogP contribution in [0, 0.1) is 23.3 Å². The van der Waals surface area contributed by atoms with Crippen LogP contribution in [0.2, 0.25) is 0 Å². The largest absolute Gasteiger partial charge is 0.365 e. The number of halogens is 4. The summed E-state index contributed by atoms with van der Waals surface area (Å²) in [6.07, 6.45) is 1.09. The lowest BCUT2D eigenvalue weighted by Crippen LogP contribution is -2.38. The molecule has 0 N–H and O–H groups in total. The van der Waals surface area contributed by atoms with E-state index >= 15 is 0 Å². The van der Waals surface area contributed by atoms with Crippen molar-refractivity contribution in [3.05, 3.63) is 34.4 Å². The summed E-state index contributed by atoms with van der Waals surface area (Å²) in [6, 6.07) is 0. The lowest BCUT2D eigenvalue weighted by molar-refractivity contribution is 0.264. The minimum Gasteiger partial charge on any atom is -0.365 e. The van der Waals surface area contributed by atoms with Gasteiger partial charge in [0.25, 0.3) is 0 Å². The minimum atomic E-state index is -1.71. The Balaban J connectivity index is 2.07. The molecule has 1 heterocycles. The van der Waals surface area contributed by atoms with E-state index in [-0.39, 0.29) is 29.1 Å². The number of ether oxygens (including phenoxy) is 1. The van der Waals surface area contributed by atoms with Crippen LogP contribution in [0.4, 0.5) is 17.6 Å². The van der Waals surface area contributed by atoms with E-state index in [2.05, 4.69) is 0 Å². The summed E-state index contributed by atoms with van der Waals surface area (Å²) in [4.78, 5) is 0. The van der Waals surface area contributed by atoms with E-state index in [0.717, 1.165) is 0 Å². The Bertz CT molecular complexity index is 585. The van der Waals surface area contributed by atoms with Crippen molar-refractivity contribution in [2.24, 2.45) is 0 Å². The van der Waals surface area contributed by atoms with Crippen LogP contribution in [0.1, 0.15) is 42.7 Å². The van der Waals surface area contributed by atoms with Crippen molar-refractivity contribution in [1.29, 1.82) is 0 Å². The third kappa shape index (κ3) is 0.955. The summed E-state index contributed by atoms with van der Waals surface area (Å²) < 4.78 is 60.0. The fourth-order valence-corrected chi connectivity index (χ4v) is 3.88. The van der Waals surface area contributed by atoms with Crippen LogP contribution in [-0.2, 0) is 4.74 Å². The van der Waals surface area contributed by atoms with Crippen molar-refractivity contribution >= 4 is 0 Å². The van der Waals surface area contributed by atoms with Gasteiger partial charge in [-0.25, -0.2) is 17.6 Å². The second-order valence-electron chi connectivity index (χ2n) is 5.54. The highest BCUT2D eigenvalue weighted by atomic mass is 19.2. The summed E-state index contributed by atoms with van der Waals surface area (Å²) in [7, 11) is 0. The Hall–Kier alpha value is -1.10. The Morgan fingerprint density at radius 3 is 2.22 bits per heavy atom. The first-order chi connectivity index (χ1) is 8.47. The molecule has 1 nitrogen and oxygen atoms in total. The number of hydrogen-bond acceptors (Lipinski definition) is 1. The molecular weight excluding hydrogens is 248 g/mol. The number of rotatable bonds is 0. The number of benzene rings is 1. The second kappa shape index (κ2) is 2.90. The molecule has 3 aliphatic carbocycles. The predicted octanol–water partition coefficient (Wildman–Crippen LogP) is 3.38. The highest BCUT2D eigenvalue weighted by Crippen LogP contribution is 2.66. The molecule has 0 radical (unpaired) electrons. The quantitative estimate of drug-likeness (QED) is 0.301. The zero-order valence-corrected chi connectivity index (χ0v) is 9.57. The summed E-state index contributed by atoms with van der Waals surface area (Å²) in [5.41, 5.74) is -0.519. The highest BCUT2D eigenvalue weighted by molar-refractivity contribution is 5.48. The normalized spacial score (nSPS) is 39.5. The zero-order valence-electron chi connectivity index (χ0n) is 9.57. The van der Waals surface area contributed by atoms with Crippen LogP contribution in [0.5, 0.6) is 0 Å². The van der Waals surface area contributed by atoms with Gasteiger partial charge >= 0.3 is 0 Å². The van der Waals surface area contributed by atoms with Crippen molar-refractivity contribution in [2.45, 2.75) is 43.3 Å². The first-order valence-electron chi connectivity index (χ1n) is 6.00. The molecule has 5 rings (SSSR count). The first-order valence-corrected chi connectivity index (χ1v) is 6.00. The Morgan fingerprint density at radius 1 is 0.944 bits per heavy atom. The minimum absolute atomic E-state index is 0.00102. The van der Waals surface area contributed by atoms with Crippen LogP contribution in [0.3, 0.4) is 0 Å². The molecule has 1 saturated heterocycles. The average molecular weight is 258 g/mol. The van der Waals surface area contributed by atoms with Crippen molar-refractivity contribution in [2.75, 3.05) is 0 Å². The van der Waals surface area contributed by atoms with Gasteiger partial charge < -0.3 is 4.74 Å². The van der Waals surface area contributed by atoms with E-state index in [9.17, 15) is 17.6 Å². The SMILES string of the molecule is C[C@@]12O[C@H]1[C@@H]1CC[C@H]2c2c(F)c(F)c(F)c(F)c21. The Morgan fingerprint density at radius 2 is 1.56 bits per heavy atom. The van der Waals surface area contributed by atoms with Gasteiger partial charge in [-0.2, -0.15) is 0 Å². The lowest BCUT2D eigenvalue weighted by atomic mass is 9.62. The van der Waals surface area contributed by atoms with Crippen LogP contribution in [-0.4, -0.2) is 11.7 Å². The summed E-state index contributed by atoms with van der Waals surface area (Å²) in [6.45, 7) is 1.83. The Labute approximate surface area is 101 Å². The topological polar surface area (TPSA) is 12.5 Å². The average Bonchev–Trinajstić information content (AvgIpc) is 3.08. The molecule has 0 unspecified atom stereocenters. The molecule has 0 aromatic heterocycles. The summed E-state index contributed by atoms with van der Waals surface area (Å²) in [5.74, 6) is -6.61. The van der Waals surface area contributed by atoms with Gasteiger partial charge in [-0.05, 0) is 19.8 Å². The number of fused-ring (bicyclic) bond motifs is 1. The molecule has 1 aliphatic heterocycles. The molecule has 1 saturated carbocycles. The van der Waals surface area contributed by atoms with Crippen molar-refractivity contribution in [1.82, 2.24) is 0 Å². The predicted molar refractivity (Wildman–Crippen MR) is 54.3 cm³/mol. The smallest absolute Gasteiger partial charge is 0.197 e. The molecule has 2 fully saturated rings. The van der Waals surface area contributed by atoms with Gasteiger partial charge in [-0.3, -0.25) is 0 Å². The van der Waals surface area contributed by atoms with Crippen LogP contribution in [0.15, 0.2) is 0 Å². The molecule has 18 heavy (non-hydrogen) atoms. The van der Waals surface area contributed by atoms with E-state index in [1.807, 2.05) is 6.92 Å². The second-order valence-corrected chi connectivity index (χ2v) is 5.54. The monoisotopic (exact) mass is 258 g/mol. The maximum atomic E-state index is 13.9. The van der Waals surface area contributed by atoms with E-state index in [1.165, 1.54) is 0 Å².